The third-order valence-electron chi connectivity index (χ3n) is 5.57. The number of pyridine rings is 1. The van der Waals surface area contributed by atoms with E-state index in [0.717, 1.165) is 41.6 Å². The van der Waals surface area contributed by atoms with E-state index in [9.17, 15) is 4.79 Å². The van der Waals surface area contributed by atoms with Crippen molar-refractivity contribution in [1.82, 2.24) is 9.88 Å². The number of methoxy groups -OCH3 is 1. The number of aryl methyl sites for hydroxylation is 2. The molecule has 0 fully saturated rings. The predicted octanol–water partition coefficient (Wildman–Crippen LogP) is 4.70. The topological polar surface area (TPSA) is 42.4 Å². The Kier molecular flexibility index (Phi) is 4.56. The smallest absolute Gasteiger partial charge is 0.255 e. The van der Waals surface area contributed by atoms with Gasteiger partial charge in [0.1, 0.15) is 5.75 Å². The summed E-state index contributed by atoms with van der Waals surface area (Å²) in [7, 11) is 3.55. The molecule has 1 aliphatic carbocycles. The van der Waals surface area contributed by atoms with Crippen molar-refractivity contribution >= 4 is 16.8 Å². The molecule has 0 N–H and O–H groups in total. The summed E-state index contributed by atoms with van der Waals surface area (Å²) in [5, 5.41) is 0.917. The van der Waals surface area contributed by atoms with Gasteiger partial charge < -0.3 is 9.64 Å². The summed E-state index contributed by atoms with van der Waals surface area (Å²) in [5.41, 5.74) is 4.91. The number of amides is 1. The molecule has 0 aliphatic heterocycles. The molecule has 4 heteroatoms. The molecule has 138 valence electrons. The number of carbonyl (C=O) groups excluding carboxylic acids is 1. The van der Waals surface area contributed by atoms with E-state index in [-0.39, 0.29) is 11.9 Å². The van der Waals surface area contributed by atoms with Crippen LogP contribution in [0, 0.1) is 6.92 Å². The van der Waals surface area contributed by atoms with E-state index in [1.165, 1.54) is 11.1 Å². The number of aromatic nitrogens is 1. The van der Waals surface area contributed by atoms with Crippen molar-refractivity contribution in [3.63, 3.8) is 0 Å². The third kappa shape index (κ3) is 3.16. The van der Waals surface area contributed by atoms with Gasteiger partial charge in [0.25, 0.3) is 5.91 Å². The van der Waals surface area contributed by atoms with Gasteiger partial charge in [-0.25, -0.2) is 0 Å². The molecule has 0 unspecified atom stereocenters. The van der Waals surface area contributed by atoms with Gasteiger partial charge in [0.05, 0.1) is 29.9 Å². The zero-order chi connectivity index (χ0) is 19.0. The van der Waals surface area contributed by atoms with Crippen LogP contribution in [0.1, 0.15) is 46.1 Å². The van der Waals surface area contributed by atoms with Crippen molar-refractivity contribution in [3.05, 3.63) is 70.9 Å². The number of hydrogen-bond acceptors (Lipinski definition) is 3. The Hall–Kier alpha value is -2.88. The highest BCUT2D eigenvalue weighted by Gasteiger charge is 2.28. The maximum Gasteiger partial charge on any atom is 0.255 e. The average Bonchev–Trinajstić information content (AvgIpc) is 2.71. The lowest BCUT2D eigenvalue weighted by atomic mass is 9.86. The first-order valence-electron chi connectivity index (χ1n) is 9.39. The third-order valence-corrected chi connectivity index (χ3v) is 5.57. The minimum Gasteiger partial charge on any atom is -0.497 e. The first kappa shape index (κ1) is 17.5. The van der Waals surface area contributed by atoms with Crippen molar-refractivity contribution in [3.8, 4) is 5.75 Å². The molecule has 4 nitrogen and oxygen atoms in total. The lowest BCUT2D eigenvalue weighted by Gasteiger charge is -2.33. The Morgan fingerprint density at radius 2 is 2.00 bits per heavy atom. The Labute approximate surface area is 159 Å². The fourth-order valence-corrected chi connectivity index (χ4v) is 4.06. The van der Waals surface area contributed by atoms with Gasteiger partial charge in [0.15, 0.2) is 0 Å². The Balaban J connectivity index is 1.71. The molecule has 0 saturated carbocycles. The summed E-state index contributed by atoms with van der Waals surface area (Å²) in [6.07, 6.45) is 3.18. The van der Waals surface area contributed by atoms with Crippen molar-refractivity contribution < 1.29 is 9.53 Å². The second-order valence-corrected chi connectivity index (χ2v) is 7.20. The van der Waals surface area contributed by atoms with Gasteiger partial charge in [-0.2, -0.15) is 0 Å². The van der Waals surface area contributed by atoms with Crippen molar-refractivity contribution in [2.45, 2.75) is 32.2 Å². The van der Waals surface area contributed by atoms with Crippen molar-refractivity contribution in [2.24, 2.45) is 0 Å². The van der Waals surface area contributed by atoms with Crippen LogP contribution in [0.5, 0.6) is 5.75 Å². The number of nitrogens with zero attached hydrogens (tertiary/aromatic N) is 2. The molecule has 1 aromatic heterocycles. The molecule has 0 saturated heterocycles. The molecular formula is C23H24N2O2. The molecule has 4 rings (SSSR count). The number of ether oxygens (including phenoxy) is 1. The van der Waals surface area contributed by atoms with Crippen LogP contribution in [-0.4, -0.2) is 29.9 Å². The summed E-state index contributed by atoms with van der Waals surface area (Å²) in [5.74, 6) is 0.785. The molecule has 1 atom stereocenters. The molecule has 1 heterocycles. The van der Waals surface area contributed by atoms with Crippen LogP contribution in [0.4, 0.5) is 0 Å². The zero-order valence-corrected chi connectivity index (χ0v) is 16.0. The second-order valence-electron chi connectivity index (χ2n) is 7.20. The molecule has 2 aromatic carbocycles. The van der Waals surface area contributed by atoms with Crippen LogP contribution in [-0.2, 0) is 6.42 Å². The van der Waals surface area contributed by atoms with Crippen LogP contribution in [0.2, 0.25) is 0 Å². The van der Waals surface area contributed by atoms with Gasteiger partial charge >= 0.3 is 0 Å². The monoisotopic (exact) mass is 360 g/mol. The second kappa shape index (κ2) is 7.03. The highest BCUT2D eigenvalue weighted by atomic mass is 16.5. The van der Waals surface area contributed by atoms with Gasteiger partial charge in [0, 0.05) is 12.4 Å². The number of benzene rings is 2. The first-order valence-corrected chi connectivity index (χ1v) is 9.39. The van der Waals surface area contributed by atoms with E-state index < -0.39 is 0 Å². The maximum absolute atomic E-state index is 13.3. The average molecular weight is 360 g/mol. The number of rotatable bonds is 3. The van der Waals surface area contributed by atoms with E-state index >= 15 is 0 Å². The summed E-state index contributed by atoms with van der Waals surface area (Å²) in [6, 6.07) is 16.3. The lowest BCUT2D eigenvalue weighted by molar-refractivity contribution is 0.0714. The fraction of sp³-hybridized carbons (Fsp3) is 0.304. The fourth-order valence-electron chi connectivity index (χ4n) is 4.06. The SMILES string of the molecule is COc1ccc2nc(C)c(C(=O)N(C)[C@H]3CCCc4ccccc43)cc2c1. The van der Waals surface area contributed by atoms with Gasteiger partial charge in [0.2, 0.25) is 0 Å². The van der Waals surface area contributed by atoms with E-state index in [0.29, 0.717) is 5.56 Å². The van der Waals surface area contributed by atoms with Crippen LogP contribution in [0.15, 0.2) is 48.5 Å². The van der Waals surface area contributed by atoms with Crippen LogP contribution >= 0.6 is 0 Å². The van der Waals surface area contributed by atoms with Crippen LogP contribution < -0.4 is 4.74 Å². The highest BCUT2D eigenvalue weighted by Crippen LogP contribution is 2.34. The Morgan fingerprint density at radius 3 is 2.81 bits per heavy atom. The van der Waals surface area contributed by atoms with E-state index in [4.69, 9.17) is 4.74 Å². The van der Waals surface area contributed by atoms with Crippen molar-refractivity contribution in [1.29, 1.82) is 0 Å². The normalized spacial score (nSPS) is 16.0. The first-order chi connectivity index (χ1) is 13.1. The molecule has 0 radical (unpaired) electrons. The number of carbonyl (C=O) groups is 1. The minimum atomic E-state index is 0.0198. The molecule has 0 spiro atoms. The lowest BCUT2D eigenvalue weighted by Crippen LogP contribution is -2.33. The van der Waals surface area contributed by atoms with Gasteiger partial charge in [-0.3, -0.25) is 9.78 Å². The summed E-state index contributed by atoms with van der Waals surface area (Å²) >= 11 is 0. The molecule has 1 aliphatic rings. The summed E-state index contributed by atoms with van der Waals surface area (Å²) in [6.45, 7) is 1.90. The van der Waals surface area contributed by atoms with Crippen LogP contribution in [0.3, 0.4) is 0 Å². The number of hydrogen-bond donors (Lipinski definition) is 0. The van der Waals surface area contributed by atoms with Gasteiger partial charge in [-0.1, -0.05) is 24.3 Å². The Bertz CT molecular complexity index is 1010. The molecule has 0 bridgehead atoms. The van der Waals surface area contributed by atoms with Gasteiger partial charge in [-0.15, -0.1) is 0 Å². The minimum absolute atomic E-state index is 0.0198. The summed E-state index contributed by atoms with van der Waals surface area (Å²) < 4.78 is 5.31. The standard InChI is InChI=1S/C23H24N2O2/c1-15-20(14-17-13-18(27-3)11-12-21(17)24-15)23(26)25(2)22-10-6-8-16-7-4-5-9-19(16)22/h4-5,7,9,11-14,22H,6,8,10H2,1-3H3/t22-/m0/s1. The maximum atomic E-state index is 13.3. The predicted molar refractivity (Wildman–Crippen MR) is 107 cm³/mol. The highest BCUT2D eigenvalue weighted by molar-refractivity contribution is 5.99. The molecular weight excluding hydrogens is 336 g/mol. The zero-order valence-electron chi connectivity index (χ0n) is 16.0. The van der Waals surface area contributed by atoms with Crippen molar-refractivity contribution in [2.75, 3.05) is 14.2 Å². The van der Waals surface area contributed by atoms with E-state index in [2.05, 4.69) is 29.2 Å². The quantitative estimate of drug-likeness (QED) is 0.680. The van der Waals surface area contributed by atoms with Gasteiger partial charge in [-0.05, 0) is 61.6 Å². The Morgan fingerprint density at radius 1 is 1.19 bits per heavy atom. The van der Waals surface area contributed by atoms with E-state index in [1.807, 2.05) is 43.1 Å². The molecule has 1 amide bonds. The largest absolute Gasteiger partial charge is 0.497 e. The molecule has 27 heavy (non-hydrogen) atoms. The molecule has 3 aromatic rings. The number of fused-ring (bicyclic) bond motifs is 2. The summed E-state index contributed by atoms with van der Waals surface area (Å²) in [4.78, 5) is 19.9. The van der Waals surface area contributed by atoms with Crippen LogP contribution in [0.25, 0.3) is 10.9 Å². The van der Waals surface area contributed by atoms with E-state index in [1.54, 1.807) is 7.11 Å².